The third-order valence-electron chi connectivity index (χ3n) is 7.95. The summed E-state index contributed by atoms with van der Waals surface area (Å²) in [6.07, 6.45) is 9.58. The number of morpholine rings is 1. The summed E-state index contributed by atoms with van der Waals surface area (Å²) in [6, 6.07) is 13.0. The molecule has 2 aromatic carbocycles. The molecule has 0 unspecified atom stereocenters. The summed E-state index contributed by atoms with van der Waals surface area (Å²) in [5.41, 5.74) is 7.56. The molecule has 7 heteroatoms. The van der Waals surface area contributed by atoms with E-state index in [9.17, 15) is 4.79 Å². The van der Waals surface area contributed by atoms with E-state index in [-0.39, 0.29) is 11.9 Å². The monoisotopic (exact) mass is 528 g/mol. The maximum Gasteiger partial charge on any atom is 0.250 e. The number of rotatable bonds is 8. The fourth-order valence-corrected chi connectivity index (χ4v) is 5.87. The Balaban J connectivity index is 1.40. The average molecular weight is 529 g/mol. The van der Waals surface area contributed by atoms with Gasteiger partial charge in [-0.25, -0.2) is 4.98 Å². The van der Waals surface area contributed by atoms with Crippen molar-refractivity contribution in [1.82, 2.24) is 14.5 Å². The highest BCUT2D eigenvalue weighted by Gasteiger charge is 2.30. The standard InChI is InChI=1S/C32H40N4O3/c1-5-25(18-24-10-13-30(31(19-24)38-4)35-21-23(3)33-22-35)32(37)36(6-2)29-9-7-8-26-20-27(11-12-28(26)29)34-14-16-39-17-15-34/h10-13,18-22,29H,5-9,14-17H2,1-4H3/b25-18+/t29-/m1/s1. The predicted octanol–water partition coefficient (Wildman–Crippen LogP) is 5.75. The fourth-order valence-electron chi connectivity index (χ4n) is 5.87. The van der Waals surface area contributed by atoms with Crippen molar-refractivity contribution in [3.63, 3.8) is 0 Å². The van der Waals surface area contributed by atoms with E-state index in [2.05, 4.69) is 46.8 Å². The Morgan fingerprint density at radius 1 is 1.18 bits per heavy atom. The van der Waals surface area contributed by atoms with Crippen molar-refractivity contribution in [2.24, 2.45) is 0 Å². The van der Waals surface area contributed by atoms with Gasteiger partial charge in [0.2, 0.25) is 5.91 Å². The average Bonchev–Trinajstić information content (AvgIpc) is 3.42. The molecule has 39 heavy (non-hydrogen) atoms. The molecule has 5 rings (SSSR count). The molecule has 0 radical (unpaired) electrons. The van der Waals surface area contributed by atoms with Crippen LogP contribution in [0, 0.1) is 6.92 Å². The Morgan fingerprint density at radius 2 is 2.00 bits per heavy atom. The molecule has 0 bridgehead atoms. The molecule has 3 aromatic rings. The minimum Gasteiger partial charge on any atom is -0.495 e. The van der Waals surface area contributed by atoms with Crippen LogP contribution in [-0.2, 0) is 16.0 Å². The van der Waals surface area contributed by atoms with Gasteiger partial charge in [0.05, 0.1) is 44.1 Å². The molecule has 1 amide bonds. The number of fused-ring (bicyclic) bond motifs is 1. The molecule has 2 aliphatic rings. The van der Waals surface area contributed by atoms with Crippen LogP contribution in [0.5, 0.6) is 5.75 Å². The van der Waals surface area contributed by atoms with Crippen LogP contribution in [0.1, 0.15) is 61.5 Å². The number of aromatic nitrogens is 2. The number of hydrogen-bond donors (Lipinski definition) is 0. The lowest BCUT2D eigenvalue weighted by atomic mass is 9.85. The Morgan fingerprint density at radius 3 is 2.69 bits per heavy atom. The van der Waals surface area contributed by atoms with E-state index in [4.69, 9.17) is 9.47 Å². The number of carbonyl (C=O) groups is 1. The van der Waals surface area contributed by atoms with Gasteiger partial charge in [-0.05, 0) is 86.6 Å². The van der Waals surface area contributed by atoms with Crippen molar-refractivity contribution in [2.45, 2.75) is 52.5 Å². The first-order chi connectivity index (χ1) is 19.0. The highest BCUT2D eigenvalue weighted by Crippen LogP contribution is 2.37. The Hall–Kier alpha value is -3.58. The molecule has 0 spiro atoms. The van der Waals surface area contributed by atoms with Gasteiger partial charge < -0.3 is 23.8 Å². The summed E-state index contributed by atoms with van der Waals surface area (Å²) in [5.74, 6) is 0.858. The number of imidazole rings is 1. The second kappa shape index (κ2) is 12.1. The number of ether oxygens (including phenoxy) is 2. The third-order valence-corrected chi connectivity index (χ3v) is 7.95. The summed E-state index contributed by atoms with van der Waals surface area (Å²) in [4.78, 5) is 22.8. The molecule has 0 N–H and O–H groups in total. The minimum atomic E-state index is 0.0985. The number of methoxy groups -OCH3 is 1. The van der Waals surface area contributed by atoms with Crippen LogP contribution in [0.2, 0.25) is 0 Å². The molecule has 0 saturated carbocycles. The van der Waals surface area contributed by atoms with Crippen LogP contribution >= 0.6 is 0 Å². The van der Waals surface area contributed by atoms with Crippen molar-refractivity contribution < 1.29 is 14.3 Å². The zero-order chi connectivity index (χ0) is 27.4. The summed E-state index contributed by atoms with van der Waals surface area (Å²) >= 11 is 0. The number of aryl methyl sites for hydroxylation is 2. The van der Waals surface area contributed by atoms with E-state index >= 15 is 0 Å². The molecule has 206 valence electrons. The molecular weight excluding hydrogens is 488 g/mol. The normalized spacial score (nSPS) is 17.6. The lowest BCUT2D eigenvalue weighted by Gasteiger charge is -2.37. The van der Waals surface area contributed by atoms with Crippen molar-refractivity contribution in [1.29, 1.82) is 0 Å². The molecule has 1 aliphatic carbocycles. The van der Waals surface area contributed by atoms with Gasteiger partial charge in [0.1, 0.15) is 5.75 Å². The highest BCUT2D eigenvalue weighted by molar-refractivity contribution is 5.98. The smallest absolute Gasteiger partial charge is 0.250 e. The van der Waals surface area contributed by atoms with Crippen LogP contribution < -0.4 is 9.64 Å². The molecule has 1 fully saturated rings. The second-order valence-electron chi connectivity index (χ2n) is 10.4. The quantitative estimate of drug-likeness (QED) is 0.349. The van der Waals surface area contributed by atoms with Crippen LogP contribution in [0.25, 0.3) is 11.8 Å². The SMILES string of the molecule is CC/C(=C\c1ccc(-n2cnc(C)c2)c(OC)c1)C(=O)N(CC)[C@@H]1CCCc2cc(N3CCOCC3)ccc21. The van der Waals surface area contributed by atoms with E-state index in [1.54, 1.807) is 13.4 Å². The van der Waals surface area contributed by atoms with Crippen LogP contribution in [0.4, 0.5) is 5.69 Å². The molecule has 1 atom stereocenters. The van der Waals surface area contributed by atoms with E-state index in [0.717, 1.165) is 73.8 Å². The van der Waals surface area contributed by atoms with Crippen molar-refractivity contribution in [3.8, 4) is 11.4 Å². The predicted molar refractivity (Wildman–Crippen MR) is 156 cm³/mol. The van der Waals surface area contributed by atoms with Gasteiger partial charge in [-0.1, -0.05) is 19.1 Å². The maximum atomic E-state index is 14.0. The van der Waals surface area contributed by atoms with Gasteiger partial charge in [0.25, 0.3) is 0 Å². The first-order valence-electron chi connectivity index (χ1n) is 14.2. The van der Waals surface area contributed by atoms with Gasteiger partial charge in [-0.3, -0.25) is 4.79 Å². The number of likely N-dealkylation sites (N-methyl/N-ethyl adjacent to an activating group) is 1. The molecule has 1 aromatic heterocycles. The van der Waals surface area contributed by atoms with E-state index in [0.29, 0.717) is 13.0 Å². The molecular formula is C32H40N4O3. The summed E-state index contributed by atoms with van der Waals surface area (Å²) in [5, 5.41) is 0. The van der Waals surface area contributed by atoms with E-state index in [1.165, 1.54) is 16.8 Å². The number of anilines is 1. The number of amides is 1. The first kappa shape index (κ1) is 27.0. The molecule has 2 heterocycles. The number of benzene rings is 2. The number of nitrogens with zero attached hydrogens (tertiary/aromatic N) is 4. The summed E-state index contributed by atoms with van der Waals surface area (Å²) < 4.78 is 13.2. The maximum absolute atomic E-state index is 14.0. The molecule has 1 saturated heterocycles. The highest BCUT2D eigenvalue weighted by atomic mass is 16.5. The zero-order valence-corrected chi connectivity index (χ0v) is 23.7. The number of hydrogen-bond acceptors (Lipinski definition) is 5. The second-order valence-corrected chi connectivity index (χ2v) is 10.4. The van der Waals surface area contributed by atoms with Crippen molar-refractivity contribution in [2.75, 3.05) is 44.9 Å². The Labute approximate surface area is 232 Å². The lowest BCUT2D eigenvalue weighted by Crippen LogP contribution is -2.38. The van der Waals surface area contributed by atoms with Crippen LogP contribution in [0.3, 0.4) is 0 Å². The first-order valence-corrected chi connectivity index (χ1v) is 14.2. The largest absolute Gasteiger partial charge is 0.495 e. The third kappa shape index (κ3) is 5.74. The van der Waals surface area contributed by atoms with E-state index in [1.807, 2.05) is 42.0 Å². The Kier molecular flexibility index (Phi) is 8.36. The minimum absolute atomic E-state index is 0.0985. The summed E-state index contributed by atoms with van der Waals surface area (Å²) in [6.45, 7) is 10.2. The van der Waals surface area contributed by atoms with Gasteiger partial charge in [0, 0.05) is 37.1 Å². The number of carbonyl (C=O) groups excluding carboxylic acids is 1. The molecule has 1 aliphatic heterocycles. The Bertz CT molecular complexity index is 1340. The van der Waals surface area contributed by atoms with Gasteiger partial charge in [-0.15, -0.1) is 0 Å². The summed E-state index contributed by atoms with van der Waals surface area (Å²) in [7, 11) is 1.67. The van der Waals surface area contributed by atoms with Gasteiger partial charge >= 0.3 is 0 Å². The van der Waals surface area contributed by atoms with Crippen molar-refractivity contribution in [3.05, 3.63) is 76.9 Å². The van der Waals surface area contributed by atoms with Crippen LogP contribution in [0.15, 0.2) is 54.5 Å². The van der Waals surface area contributed by atoms with Crippen LogP contribution in [-0.4, -0.2) is 60.3 Å². The zero-order valence-electron chi connectivity index (χ0n) is 23.7. The van der Waals surface area contributed by atoms with Crippen molar-refractivity contribution >= 4 is 17.7 Å². The fraction of sp³-hybridized carbons (Fsp3) is 0.438. The topological polar surface area (TPSA) is 59.8 Å². The lowest BCUT2D eigenvalue weighted by molar-refractivity contribution is -0.129. The molecule has 7 nitrogen and oxygen atoms in total. The van der Waals surface area contributed by atoms with Gasteiger partial charge in [0.15, 0.2) is 0 Å². The van der Waals surface area contributed by atoms with E-state index < -0.39 is 0 Å². The van der Waals surface area contributed by atoms with Gasteiger partial charge in [-0.2, -0.15) is 0 Å².